The first-order chi connectivity index (χ1) is 10.2. The van der Waals surface area contributed by atoms with Crippen LogP contribution < -0.4 is 10.6 Å². The number of amides is 1. The molecule has 1 aromatic rings. The van der Waals surface area contributed by atoms with Gasteiger partial charge in [0.15, 0.2) is 0 Å². The van der Waals surface area contributed by atoms with E-state index in [9.17, 15) is 4.79 Å². The van der Waals surface area contributed by atoms with Crippen molar-refractivity contribution in [2.24, 2.45) is 0 Å². The van der Waals surface area contributed by atoms with Crippen LogP contribution >= 0.6 is 12.4 Å². The highest BCUT2D eigenvalue weighted by Gasteiger charge is 2.39. The molecule has 1 saturated heterocycles. The average molecular weight is 325 g/mol. The summed E-state index contributed by atoms with van der Waals surface area (Å²) in [5.41, 5.74) is 1.48. The number of halogens is 1. The van der Waals surface area contributed by atoms with Gasteiger partial charge in [0.25, 0.3) is 0 Å². The molecule has 0 spiro atoms. The first-order valence-electron chi connectivity index (χ1n) is 7.89. The minimum absolute atomic E-state index is 0. The van der Waals surface area contributed by atoms with Crippen molar-refractivity contribution in [3.63, 3.8) is 0 Å². The number of rotatable bonds is 4. The molecule has 0 aromatic heterocycles. The van der Waals surface area contributed by atoms with Crippen LogP contribution in [-0.4, -0.2) is 37.7 Å². The third-order valence-corrected chi connectivity index (χ3v) is 4.90. The zero-order valence-corrected chi connectivity index (χ0v) is 13.8. The predicted molar refractivity (Wildman–Crippen MR) is 89.4 cm³/mol. The van der Waals surface area contributed by atoms with Gasteiger partial charge in [-0.15, -0.1) is 12.4 Å². The second-order valence-electron chi connectivity index (χ2n) is 6.23. The topological polar surface area (TPSA) is 50.4 Å². The van der Waals surface area contributed by atoms with Gasteiger partial charge in [0.05, 0.1) is 12.7 Å². The summed E-state index contributed by atoms with van der Waals surface area (Å²) in [5.74, 6) is 0.0596. The summed E-state index contributed by atoms with van der Waals surface area (Å²) in [6.45, 7) is 4.10. The summed E-state index contributed by atoms with van der Waals surface area (Å²) in [4.78, 5) is 12.4. The van der Waals surface area contributed by atoms with E-state index >= 15 is 0 Å². The van der Waals surface area contributed by atoms with E-state index < -0.39 is 0 Å². The number of hydrogen-bond donors (Lipinski definition) is 2. The second-order valence-corrected chi connectivity index (χ2v) is 6.23. The Labute approximate surface area is 138 Å². The maximum Gasteiger partial charge on any atom is 0.239 e. The van der Waals surface area contributed by atoms with Crippen molar-refractivity contribution >= 4 is 18.3 Å². The maximum absolute atomic E-state index is 12.4. The van der Waals surface area contributed by atoms with Crippen LogP contribution in [0.3, 0.4) is 0 Å². The van der Waals surface area contributed by atoms with Gasteiger partial charge in [-0.1, -0.05) is 36.8 Å². The molecular weight excluding hydrogens is 300 g/mol. The summed E-state index contributed by atoms with van der Waals surface area (Å²) < 4.78 is 5.55. The molecule has 1 amide bonds. The van der Waals surface area contributed by atoms with Crippen LogP contribution in [0.4, 0.5) is 0 Å². The molecule has 0 bridgehead atoms. The van der Waals surface area contributed by atoms with Crippen molar-refractivity contribution in [1.82, 2.24) is 10.6 Å². The molecule has 0 unspecified atom stereocenters. The Kier molecular flexibility index (Phi) is 5.84. The lowest BCUT2D eigenvalue weighted by atomic mass is 9.64. The summed E-state index contributed by atoms with van der Waals surface area (Å²) in [7, 11) is 0. The number of benzene rings is 1. The number of carbonyl (C=O) groups excluding carboxylic acids is 1. The molecule has 1 aliphatic carbocycles. The summed E-state index contributed by atoms with van der Waals surface area (Å²) >= 11 is 0. The number of morpholine rings is 1. The van der Waals surface area contributed by atoms with Crippen LogP contribution in [-0.2, 0) is 14.9 Å². The van der Waals surface area contributed by atoms with Crippen LogP contribution in [0.5, 0.6) is 0 Å². The Bertz CT molecular complexity index is 491. The zero-order valence-electron chi connectivity index (χ0n) is 13.0. The van der Waals surface area contributed by atoms with E-state index in [1.807, 2.05) is 13.0 Å². The van der Waals surface area contributed by atoms with E-state index in [1.54, 1.807) is 0 Å². The lowest BCUT2D eigenvalue weighted by molar-refractivity contribution is -0.129. The molecule has 1 aromatic carbocycles. The van der Waals surface area contributed by atoms with Gasteiger partial charge in [-0.25, -0.2) is 0 Å². The standard InChI is InChI=1S/C17H24N2O2.ClH/c1-13-15(18-10-11-21-13)16(20)19-12-17(8-5-9-17)14-6-3-2-4-7-14;/h2-4,6-7,13,15,18H,5,8-12H2,1H3,(H,19,20);1H/t13-,15+;/m1./s1. The summed E-state index contributed by atoms with van der Waals surface area (Å²) in [5, 5.41) is 6.39. The van der Waals surface area contributed by atoms with Crippen molar-refractivity contribution in [2.45, 2.75) is 43.7 Å². The largest absolute Gasteiger partial charge is 0.375 e. The molecule has 1 saturated carbocycles. The van der Waals surface area contributed by atoms with E-state index in [0.717, 1.165) is 25.9 Å². The summed E-state index contributed by atoms with van der Waals surface area (Å²) in [6.07, 6.45) is 3.49. The minimum Gasteiger partial charge on any atom is -0.375 e. The van der Waals surface area contributed by atoms with E-state index in [2.05, 4.69) is 34.9 Å². The van der Waals surface area contributed by atoms with Crippen LogP contribution in [0, 0.1) is 0 Å². The monoisotopic (exact) mass is 324 g/mol. The quantitative estimate of drug-likeness (QED) is 0.891. The van der Waals surface area contributed by atoms with Crippen LogP contribution in [0.15, 0.2) is 30.3 Å². The molecule has 4 nitrogen and oxygen atoms in total. The third kappa shape index (κ3) is 3.45. The van der Waals surface area contributed by atoms with Gasteiger partial charge in [-0.2, -0.15) is 0 Å². The number of nitrogens with one attached hydrogen (secondary N) is 2. The van der Waals surface area contributed by atoms with Crippen molar-refractivity contribution in [1.29, 1.82) is 0 Å². The highest BCUT2D eigenvalue weighted by molar-refractivity contribution is 5.85. The molecule has 1 heterocycles. The molecule has 3 rings (SSSR count). The highest BCUT2D eigenvalue weighted by Crippen LogP contribution is 2.43. The predicted octanol–water partition coefficient (Wildman–Crippen LogP) is 2.02. The molecule has 22 heavy (non-hydrogen) atoms. The molecule has 2 N–H and O–H groups in total. The van der Waals surface area contributed by atoms with E-state index in [-0.39, 0.29) is 35.9 Å². The first-order valence-corrected chi connectivity index (χ1v) is 7.89. The van der Waals surface area contributed by atoms with Crippen LogP contribution in [0.2, 0.25) is 0 Å². The third-order valence-electron chi connectivity index (χ3n) is 4.90. The maximum atomic E-state index is 12.4. The number of ether oxygens (including phenoxy) is 1. The Morgan fingerprint density at radius 3 is 2.68 bits per heavy atom. The zero-order chi connectivity index (χ0) is 14.7. The normalized spacial score (nSPS) is 26.4. The molecule has 2 aliphatic rings. The van der Waals surface area contributed by atoms with Gasteiger partial charge >= 0.3 is 0 Å². The smallest absolute Gasteiger partial charge is 0.239 e. The van der Waals surface area contributed by atoms with Gasteiger partial charge in [0.2, 0.25) is 5.91 Å². The SMILES string of the molecule is C[C@H]1OCCN[C@@H]1C(=O)NCC1(c2ccccc2)CCC1.Cl. The van der Waals surface area contributed by atoms with Gasteiger partial charge in [-0.05, 0) is 25.3 Å². The fourth-order valence-corrected chi connectivity index (χ4v) is 3.36. The fraction of sp³-hybridized carbons (Fsp3) is 0.588. The summed E-state index contributed by atoms with van der Waals surface area (Å²) in [6, 6.07) is 10.3. The molecular formula is C17H25ClN2O2. The Hall–Kier alpha value is -1.10. The van der Waals surface area contributed by atoms with Crippen molar-refractivity contribution in [3.05, 3.63) is 35.9 Å². The number of hydrogen-bond acceptors (Lipinski definition) is 3. The van der Waals surface area contributed by atoms with Gasteiger partial charge in [0, 0.05) is 18.5 Å². The van der Waals surface area contributed by atoms with Crippen molar-refractivity contribution < 1.29 is 9.53 Å². The average Bonchev–Trinajstić information content (AvgIpc) is 2.47. The van der Waals surface area contributed by atoms with E-state index in [1.165, 1.54) is 12.0 Å². The van der Waals surface area contributed by atoms with Crippen LogP contribution in [0.1, 0.15) is 31.7 Å². The van der Waals surface area contributed by atoms with Crippen molar-refractivity contribution in [3.8, 4) is 0 Å². The number of carbonyl (C=O) groups is 1. The van der Waals surface area contributed by atoms with Gasteiger partial charge in [0.1, 0.15) is 6.04 Å². The Morgan fingerprint density at radius 2 is 2.09 bits per heavy atom. The Morgan fingerprint density at radius 1 is 1.36 bits per heavy atom. The molecule has 0 radical (unpaired) electrons. The van der Waals surface area contributed by atoms with E-state index in [4.69, 9.17) is 4.74 Å². The van der Waals surface area contributed by atoms with Crippen LogP contribution in [0.25, 0.3) is 0 Å². The molecule has 1 aliphatic heterocycles. The van der Waals surface area contributed by atoms with Gasteiger partial charge in [-0.3, -0.25) is 4.79 Å². The van der Waals surface area contributed by atoms with Crippen molar-refractivity contribution in [2.75, 3.05) is 19.7 Å². The second kappa shape index (κ2) is 7.44. The lowest BCUT2D eigenvalue weighted by Crippen LogP contribution is -2.57. The molecule has 2 fully saturated rings. The van der Waals surface area contributed by atoms with Gasteiger partial charge < -0.3 is 15.4 Å². The first kappa shape index (κ1) is 17.3. The Balaban J connectivity index is 0.00000176. The highest BCUT2D eigenvalue weighted by atomic mass is 35.5. The van der Waals surface area contributed by atoms with E-state index in [0.29, 0.717) is 6.61 Å². The minimum atomic E-state index is -0.230. The molecule has 2 atom stereocenters. The lowest BCUT2D eigenvalue weighted by Gasteiger charge is -2.43. The fourth-order valence-electron chi connectivity index (χ4n) is 3.36. The molecule has 122 valence electrons. The molecule has 5 heteroatoms.